The smallest absolute Gasteiger partial charge is 0.344 e. The van der Waals surface area contributed by atoms with E-state index in [0.717, 1.165) is 0 Å². The maximum absolute atomic E-state index is 11.4. The Kier molecular flexibility index (Phi) is 5.13. The summed E-state index contributed by atoms with van der Waals surface area (Å²) in [5, 5.41) is 0. The first-order chi connectivity index (χ1) is 9.20. The molecule has 0 spiro atoms. The van der Waals surface area contributed by atoms with Crippen molar-refractivity contribution in [3.05, 3.63) is 29.8 Å². The Hall–Kier alpha value is -2.04. The second-order valence-electron chi connectivity index (χ2n) is 5.60. The van der Waals surface area contributed by atoms with Gasteiger partial charge >= 0.3 is 5.97 Å². The fraction of sp³-hybridized carbons (Fsp3) is 0.467. The molecule has 20 heavy (non-hydrogen) atoms. The number of hydrogen-bond acceptors (Lipinski definition) is 4. The summed E-state index contributed by atoms with van der Waals surface area (Å²) in [6.07, 6.45) is -0.950. The van der Waals surface area contributed by atoms with Crippen LogP contribution in [0.4, 0.5) is 0 Å². The Balaban J connectivity index is 2.50. The molecule has 1 rings (SSSR count). The number of ether oxygens (including phenoxy) is 2. The minimum Gasteiger partial charge on any atom is -0.482 e. The van der Waals surface area contributed by atoms with E-state index in [4.69, 9.17) is 15.2 Å². The van der Waals surface area contributed by atoms with Gasteiger partial charge in [-0.3, -0.25) is 4.79 Å². The molecule has 0 aliphatic rings. The van der Waals surface area contributed by atoms with E-state index in [1.54, 1.807) is 12.1 Å². The lowest BCUT2D eigenvalue weighted by atomic mass is 9.87. The Morgan fingerprint density at radius 3 is 2.20 bits per heavy atom. The number of esters is 1. The Morgan fingerprint density at radius 2 is 1.75 bits per heavy atom. The molecule has 0 aliphatic carbocycles. The number of benzene rings is 1. The molecule has 1 atom stereocenters. The minimum atomic E-state index is -0.950. The van der Waals surface area contributed by atoms with Crippen LogP contribution in [-0.4, -0.2) is 24.6 Å². The third-order valence-electron chi connectivity index (χ3n) is 2.79. The summed E-state index contributed by atoms with van der Waals surface area (Å²) in [7, 11) is 0. The van der Waals surface area contributed by atoms with E-state index in [-0.39, 0.29) is 12.0 Å². The molecule has 1 aromatic rings. The number of carbonyl (C=O) groups excluding carboxylic acids is 2. The van der Waals surface area contributed by atoms with Gasteiger partial charge in [-0.15, -0.1) is 0 Å². The van der Waals surface area contributed by atoms with E-state index in [1.807, 2.05) is 12.1 Å². The van der Waals surface area contributed by atoms with Crippen LogP contribution in [0.15, 0.2) is 24.3 Å². The zero-order valence-corrected chi connectivity index (χ0v) is 12.3. The zero-order valence-electron chi connectivity index (χ0n) is 12.3. The van der Waals surface area contributed by atoms with Gasteiger partial charge in [0.15, 0.2) is 12.7 Å². The summed E-state index contributed by atoms with van der Waals surface area (Å²) >= 11 is 0. The van der Waals surface area contributed by atoms with E-state index in [0.29, 0.717) is 5.75 Å². The van der Waals surface area contributed by atoms with Crippen molar-refractivity contribution < 1.29 is 19.1 Å². The van der Waals surface area contributed by atoms with Crippen LogP contribution in [0, 0.1) is 0 Å². The topological polar surface area (TPSA) is 78.6 Å². The summed E-state index contributed by atoms with van der Waals surface area (Å²) in [6, 6.07) is 7.50. The average molecular weight is 279 g/mol. The van der Waals surface area contributed by atoms with Crippen molar-refractivity contribution in [2.24, 2.45) is 5.73 Å². The molecule has 0 fully saturated rings. The first kappa shape index (κ1) is 16.0. The molecule has 0 heterocycles. The van der Waals surface area contributed by atoms with Crippen LogP contribution < -0.4 is 10.5 Å². The average Bonchev–Trinajstić information content (AvgIpc) is 2.35. The van der Waals surface area contributed by atoms with Gasteiger partial charge in [0, 0.05) is 0 Å². The van der Waals surface area contributed by atoms with Crippen LogP contribution in [0.25, 0.3) is 0 Å². The third-order valence-corrected chi connectivity index (χ3v) is 2.79. The van der Waals surface area contributed by atoms with Crippen LogP contribution in [0.2, 0.25) is 0 Å². The summed E-state index contributed by atoms with van der Waals surface area (Å²) in [6.45, 7) is 7.51. The van der Waals surface area contributed by atoms with Gasteiger partial charge in [0.05, 0.1) is 0 Å². The minimum absolute atomic E-state index is 0.0639. The van der Waals surface area contributed by atoms with Gasteiger partial charge in [0.2, 0.25) is 0 Å². The summed E-state index contributed by atoms with van der Waals surface area (Å²) < 4.78 is 10.1. The highest BCUT2D eigenvalue weighted by Gasteiger charge is 2.15. The predicted molar refractivity (Wildman–Crippen MR) is 75.4 cm³/mol. The molecule has 1 aromatic carbocycles. The monoisotopic (exact) mass is 279 g/mol. The maximum Gasteiger partial charge on any atom is 0.344 e. The predicted octanol–water partition coefficient (Wildman–Crippen LogP) is 1.78. The van der Waals surface area contributed by atoms with Crippen molar-refractivity contribution in [3.63, 3.8) is 0 Å². The van der Waals surface area contributed by atoms with Crippen molar-refractivity contribution in [3.8, 4) is 5.75 Å². The molecule has 0 radical (unpaired) electrons. The van der Waals surface area contributed by atoms with Crippen LogP contribution in [0.3, 0.4) is 0 Å². The van der Waals surface area contributed by atoms with Gasteiger partial charge in [0.1, 0.15) is 5.75 Å². The highest BCUT2D eigenvalue weighted by atomic mass is 16.6. The van der Waals surface area contributed by atoms with Crippen LogP contribution >= 0.6 is 0 Å². The third kappa shape index (κ3) is 4.91. The molecule has 0 saturated heterocycles. The van der Waals surface area contributed by atoms with Crippen LogP contribution in [-0.2, 0) is 19.7 Å². The van der Waals surface area contributed by atoms with Crippen molar-refractivity contribution in [1.82, 2.24) is 0 Å². The molecule has 1 amide bonds. The molecule has 5 nitrogen and oxygen atoms in total. The molecule has 0 saturated carbocycles. The van der Waals surface area contributed by atoms with Gasteiger partial charge in [-0.2, -0.15) is 0 Å². The summed E-state index contributed by atoms with van der Waals surface area (Å²) in [5.41, 5.74) is 6.23. The highest BCUT2D eigenvalue weighted by molar-refractivity contribution is 5.82. The van der Waals surface area contributed by atoms with Crippen LogP contribution in [0.5, 0.6) is 5.75 Å². The number of nitrogens with two attached hydrogens (primary N) is 1. The van der Waals surface area contributed by atoms with Crippen LogP contribution in [0.1, 0.15) is 33.3 Å². The molecule has 110 valence electrons. The molecule has 0 aromatic heterocycles. The lowest BCUT2D eigenvalue weighted by molar-refractivity contribution is -0.155. The number of hydrogen-bond donors (Lipinski definition) is 1. The molecular formula is C15H21NO4. The van der Waals surface area contributed by atoms with Gasteiger partial charge in [0.25, 0.3) is 5.91 Å². The van der Waals surface area contributed by atoms with E-state index < -0.39 is 18.0 Å². The van der Waals surface area contributed by atoms with E-state index >= 15 is 0 Å². The highest BCUT2D eigenvalue weighted by Crippen LogP contribution is 2.24. The molecule has 0 unspecified atom stereocenters. The van der Waals surface area contributed by atoms with E-state index in [1.165, 1.54) is 12.5 Å². The van der Waals surface area contributed by atoms with Crippen molar-refractivity contribution >= 4 is 11.9 Å². The first-order valence-corrected chi connectivity index (χ1v) is 6.42. The molecule has 0 aliphatic heterocycles. The van der Waals surface area contributed by atoms with Crippen molar-refractivity contribution in [2.45, 2.75) is 39.2 Å². The Morgan fingerprint density at radius 1 is 1.20 bits per heavy atom. The lowest BCUT2D eigenvalue weighted by Gasteiger charge is -2.19. The standard InChI is InChI=1S/C15H21NO4/c1-10(14(16)18)20-13(17)9-19-12-7-5-11(6-8-12)15(2,3)4/h5-8,10H,9H2,1-4H3,(H2,16,18)/t10-/m1/s1. The maximum atomic E-state index is 11.4. The summed E-state index contributed by atoms with van der Waals surface area (Å²) in [4.78, 5) is 22.1. The number of amides is 1. The largest absolute Gasteiger partial charge is 0.482 e. The van der Waals surface area contributed by atoms with E-state index in [9.17, 15) is 9.59 Å². The quantitative estimate of drug-likeness (QED) is 0.833. The van der Waals surface area contributed by atoms with Gasteiger partial charge in [-0.05, 0) is 30.0 Å². The molecule has 5 heteroatoms. The fourth-order valence-corrected chi connectivity index (χ4v) is 1.48. The van der Waals surface area contributed by atoms with Gasteiger partial charge in [-0.25, -0.2) is 4.79 Å². The Bertz CT molecular complexity index is 474. The summed E-state index contributed by atoms with van der Waals surface area (Å²) in [5.74, 6) is -0.745. The Labute approximate surface area is 119 Å². The SMILES string of the molecule is C[C@@H](OC(=O)COc1ccc(C(C)(C)C)cc1)C(N)=O. The number of primary amides is 1. The normalized spacial score (nSPS) is 12.6. The first-order valence-electron chi connectivity index (χ1n) is 6.42. The second kappa shape index (κ2) is 6.41. The van der Waals surface area contributed by atoms with Gasteiger partial charge in [-0.1, -0.05) is 32.9 Å². The molecule has 0 bridgehead atoms. The van der Waals surface area contributed by atoms with Crippen molar-refractivity contribution in [1.29, 1.82) is 0 Å². The van der Waals surface area contributed by atoms with Gasteiger partial charge < -0.3 is 15.2 Å². The van der Waals surface area contributed by atoms with Crippen molar-refractivity contribution in [2.75, 3.05) is 6.61 Å². The lowest BCUT2D eigenvalue weighted by Crippen LogP contribution is -2.32. The number of carbonyl (C=O) groups is 2. The van der Waals surface area contributed by atoms with E-state index in [2.05, 4.69) is 20.8 Å². The number of rotatable bonds is 5. The molecular weight excluding hydrogens is 258 g/mol. The fourth-order valence-electron chi connectivity index (χ4n) is 1.48. The molecule has 2 N–H and O–H groups in total. The zero-order chi connectivity index (χ0) is 15.3. The second-order valence-corrected chi connectivity index (χ2v) is 5.60.